The number of nitrogens with two attached hydrogens (primary N) is 2. The number of rotatable bonds is 3. The fraction of sp³-hybridized carbons (Fsp3) is 0.0769. The van der Waals surface area contributed by atoms with E-state index in [1.165, 1.54) is 0 Å². The van der Waals surface area contributed by atoms with Crippen molar-refractivity contribution in [2.75, 3.05) is 5.73 Å². The third kappa shape index (κ3) is 2.40. The second-order valence-electron chi connectivity index (χ2n) is 3.84. The zero-order chi connectivity index (χ0) is 13.1. The number of nitrogens with zero attached hydrogens (tertiary/aromatic N) is 1. The third-order valence-electron chi connectivity index (χ3n) is 2.52. The van der Waals surface area contributed by atoms with E-state index in [1.807, 2.05) is 6.92 Å². The van der Waals surface area contributed by atoms with Gasteiger partial charge in [-0.3, -0.25) is 4.79 Å². The summed E-state index contributed by atoms with van der Waals surface area (Å²) in [5, 5.41) is 0. The summed E-state index contributed by atoms with van der Waals surface area (Å²) in [5.41, 5.74) is 12.8. The highest BCUT2D eigenvalue weighted by Crippen LogP contribution is 2.27. The molecule has 0 spiro atoms. The van der Waals surface area contributed by atoms with Gasteiger partial charge in [-0.25, -0.2) is 4.98 Å². The summed E-state index contributed by atoms with van der Waals surface area (Å²) in [7, 11) is 0. The van der Waals surface area contributed by atoms with E-state index < -0.39 is 5.91 Å². The maximum atomic E-state index is 10.9. The summed E-state index contributed by atoms with van der Waals surface area (Å²) in [6, 6.07) is 8.26. The second kappa shape index (κ2) is 4.75. The van der Waals surface area contributed by atoms with Gasteiger partial charge < -0.3 is 16.2 Å². The Kier molecular flexibility index (Phi) is 3.14. The molecule has 0 unspecified atom stereocenters. The van der Waals surface area contributed by atoms with Gasteiger partial charge >= 0.3 is 0 Å². The number of hydrogen-bond acceptors (Lipinski definition) is 4. The lowest BCUT2D eigenvalue weighted by Gasteiger charge is -2.08. The first kappa shape index (κ1) is 11.9. The van der Waals surface area contributed by atoms with E-state index in [0.29, 0.717) is 22.9 Å². The predicted octanol–water partition coefficient (Wildman–Crippen LogP) is 1.86. The maximum Gasteiger partial charge on any atom is 0.248 e. The first-order chi connectivity index (χ1) is 8.58. The van der Waals surface area contributed by atoms with E-state index in [1.54, 1.807) is 36.5 Å². The van der Waals surface area contributed by atoms with Crippen LogP contribution in [0.25, 0.3) is 0 Å². The molecule has 2 rings (SSSR count). The van der Waals surface area contributed by atoms with Crippen LogP contribution in [-0.2, 0) is 0 Å². The summed E-state index contributed by atoms with van der Waals surface area (Å²) in [6.07, 6.45) is 1.62. The lowest BCUT2D eigenvalue weighted by molar-refractivity contribution is 0.100. The highest BCUT2D eigenvalue weighted by molar-refractivity contribution is 5.92. The lowest BCUT2D eigenvalue weighted by Crippen LogP contribution is -2.10. The van der Waals surface area contributed by atoms with Crippen molar-refractivity contribution in [1.29, 1.82) is 0 Å². The topological polar surface area (TPSA) is 91.2 Å². The Hall–Kier alpha value is -2.56. The van der Waals surface area contributed by atoms with Crippen molar-refractivity contribution in [1.82, 2.24) is 4.98 Å². The van der Waals surface area contributed by atoms with Crippen molar-refractivity contribution in [3.63, 3.8) is 0 Å². The molecule has 5 nitrogen and oxygen atoms in total. The molecule has 0 fully saturated rings. The minimum absolute atomic E-state index is 0.349. The van der Waals surface area contributed by atoms with Crippen molar-refractivity contribution in [2.24, 2.45) is 5.73 Å². The zero-order valence-corrected chi connectivity index (χ0v) is 9.88. The summed E-state index contributed by atoms with van der Waals surface area (Å²) >= 11 is 0. The number of benzene rings is 1. The van der Waals surface area contributed by atoms with Gasteiger partial charge in [-0.2, -0.15) is 0 Å². The molecule has 0 saturated heterocycles. The van der Waals surface area contributed by atoms with Crippen LogP contribution in [0.3, 0.4) is 0 Å². The zero-order valence-electron chi connectivity index (χ0n) is 9.88. The number of amides is 1. The van der Waals surface area contributed by atoms with Crippen LogP contribution in [0.4, 0.5) is 5.69 Å². The number of carbonyl (C=O) groups is 1. The van der Waals surface area contributed by atoms with Crippen molar-refractivity contribution in [3.8, 4) is 11.6 Å². The average Bonchev–Trinajstić information content (AvgIpc) is 2.36. The molecule has 1 aromatic carbocycles. The van der Waals surface area contributed by atoms with Gasteiger partial charge in [0.1, 0.15) is 5.75 Å². The number of aryl methyl sites for hydroxylation is 1. The predicted molar refractivity (Wildman–Crippen MR) is 68.4 cm³/mol. The smallest absolute Gasteiger partial charge is 0.248 e. The number of primary amides is 1. The molecule has 1 aromatic heterocycles. The van der Waals surface area contributed by atoms with Crippen molar-refractivity contribution < 1.29 is 9.53 Å². The Labute approximate surface area is 104 Å². The average molecular weight is 243 g/mol. The van der Waals surface area contributed by atoms with E-state index in [0.717, 1.165) is 5.56 Å². The van der Waals surface area contributed by atoms with E-state index in [4.69, 9.17) is 16.2 Å². The van der Waals surface area contributed by atoms with Crippen LogP contribution in [0.5, 0.6) is 11.6 Å². The maximum absolute atomic E-state index is 10.9. The van der Waals surface area contributed by atoms with Crippen molar-refractivity contribution >= 4 is 11.6 Å². The number of anilines is 1. The monoisotopic (exact) mass is 243 g/mol. The minimum Gasteiger partial charge on any atom is -0.437 e. The van der Waals surface area contributed by atoms with Crippen LogP contribution < -0.4 is 16.2 Å². The van der Waals surface area contributed by atoms with Gasteiger partial charge in [-0.15, -0.1) is 0 Å². The van der Waals surface area contributed by atoms with Gasteiger partial charge in [0.15, 0.2) is 0 Å². The number of aromatic nitrogens is 1. The van der Waals surface area contributed by atoms with Gasteiger partial charge in [-0.1, -0.05) is 0 Å². The molecular formula is C13H13N3O2. The van der Waals surface area contributed by atoms with Crippen LogP contribution in [-0.4, -0.2) is 10.9 Å². The van der Waals surface area contributed by atoms with Crippen LogP contribution in [0.15, 0.2) is 36.5 Å². The molecule has 0 aliphatic heterocycles. The molecule has 2 aromatic rings. The Morgan fingerprint density at radius 1 is 1.22 bits per heavy atom. The second-order valence-corrected chi connectivity index (χ2v) is 3.84. The number of hydrogen-bond donors (Lipinski definition) is 2. The van der Waals surface area contributed by atoms with Crippen molar-refractivity contribution in [2.45, 2.75) is 6.92 Å². The molecule has 0 aliphatic carbocycles. The highest BCUT2D eigenvalue weighted by atomic mass is 16.5. The van der Waals surface area contributed by atoms with Gasteiger partial charge in [0.05, 0.1) is 5.69 Å². The van der Waals surface area contributed by atoms with E-state index >= 15 is 0 Å². The number of ether oxygens (including phenoxy) is 1. The van der Waals surface area contributed by atoms with E-state index in [-0.39, 0.29) is 0 Å². The van der Waals surface area contributed by atoms with Crippen LogP contribution in [0.1, 0.15) is 15.9 Å². The molecule has 0 atom stereocenters. The molecule has 1 heterocycles. The molecule has 5 heteroatoms. The number of nitrogen functional groups attached to an aromatic ring is 1. The van der Waals surface area contributed by atoms with Gasteiger partial charge in [-0.05, 0) is 42.8 Å². The highest BCUT2D eigenvalue weighted by Gasteiger charge is 2.06. The minimum atomic E-state index is -0.477. The summed E-state index contributed by atoms with van der Waals surface area (Å²) in [5.74, 6) is 0.418. The first-order valence-corrected chi connectivity index (χ1v) is 5.36. The molecular weight excluding hydrogens is 230 g/mol. The van der Waals surface area contributed by atoms with Crippen LogP contribution in [0.2, 0.25) is 0 Å². The van der Waals surface area contributed by atoms with Gasteiger partial charge in [0, 0.05) is 11.8 Å². The SMILES string of the molecule is Cc1ccnc(Oc2ccc(C(N)=O)cc2)c1N. The molecule has 0 bridgehead atoms. The molecule has 4 N–H and O–H groups in total. The fourth-order valence-corrected chi connectivity index (χ4v) is 1.42. The quantitative estimate of drug-likeness (QED) is 0.860. The largest absolute Gasteiger partial charge is 0.437 e. The number of carbonyl (C=O) groups excluding carboxylic acids is 1. The summed E-state index contributed by atoms with van der Waals surface area (Å²) in [4.78, 5) is 15.0. The van der Waals surface area contributed by atoms with E-state index in [2.05, 4.69) is 4.98 Å². The Morgan fingerprint density at radius 3 is 2.50 bits per heavy atom. The molecule has 1 amide bonds. The molecule has 0 aliphatic rings. The Morgan fingerprint density at radius 2 is 1.89 bits per heavy atom. The molecule has 0 saturated carbocycles. The van der Waals surface area contributed by atoms with Gasteiger partial charge in [0.25, 0.3) is 0 Å². The number of pyridine rings is 1. The van der Waals surface area contributed by atoms with Crippen LogP contribution in [0, 0.1) is 6.92 Å². The molecule has 0 radical (unpaired) electrons. The standard InChI is InChI=1S/C13H13N3O2/c1-8-6-7-16-13(11(8)14)18-10-4-2-9(3-5-10)12(15)17/h2-7H,14H2,1H3,(H2,15,17). The first-order valence-electron chi connectivity index (χ1n) is 5.36. The normalized spacial score (nSPS) is 10.1. The Bertz CT molecular complexity index is 579. The molecule has 92 valence electrons. The summed E-state index contributed by atoms with van der Waals surface area (Å²) in [6.45, 7) is 1.88. The van der Waals surface area contributed by atoms with Crippen LogP contribution >= 0.6 is 0 Å². The molecule has 18 heavy (non-hydrogen) atoms. The van der Waals surface area contributed by atoms with Crippen molar-refractivity contribution in [3.05, 3.63) is 47.7 Å². The fourth-order valence-electron chi connectivity index (χ4n) is 1.42. The summed E-state index contributed by atoms with van der Waals surface area (Å²) < 4.78 is 5.54. The Balaban J connectivity index is 2.24. The third-order valence-corrected chi connectivity index (χ3v) is 2.52. The lowest BCUT2D eigenvalue weighted by atomic mass is 10.2. The van der Waals surface area contributed by atoms with E-state index in [9.17, 15) is 4.79 Å². The van der Waals surface area contributed by atoms with Gasteiger partial charge in [0.2, 0.25) is 11.8 Å².